The van der Waals surface area contributed by atoms with Crippen LogP contribution in [0.15, 0.2) is 23.4 Å². The fraction of sp³-hybridized carbons (Fsp3) is 0.526. The van der Waals surface area contributed by atoms with Gasteiger partial charge in [-0.05, 0) is 45.2 Å². The van der Waals surface area contributed by atoms with Crippen LogP contribution in [0.1, 0.15) is 65.5 Å². The number of Topliss-reactive ketones (excluding diaryl/α,β-unsaturated/α-hetero) is 1. The van der Waals surface area contributed by atoms with Crippen molar-refractivity contribution in [2.45, 2.75) is 64.1 Å². The third kappa shape index (κ3) is 3.72. The maximum absolute atomic E-state index is 12.6. The number of carbonyl (C=O) groups is 1. The average Bonchev–Trinajstić information content (AvgIpc) is 2.96. The number of nitrogens with zero attached hydrogens (tertiary/aromatic N) is 3. The maximum Gasteiger partial charge on any atom is 0.191 e. The lowest BCUT2D eigenvalue weighted by Crippen LogP contribution is -2.15. The van der Waals surface area contributed by atoms with Gasteiger partial charge in [-0.25, -0.2) is 0 Å². The molecule has 0 saturated heterocycles. The fourth-order valence-electron chi connectivity index (χ4n) is 3.45. The van der Waals surface area contributed by atoms with E-state index in [1.54, 1.807) is 0 Å². The van der Waals surface area contributed by atoms with Gasteiger partial charge in [-0.2, -0.15) is 0 Å². The van der Waals surface area contributed by atoms with Crippen molar-refractivity contribution in [1.82, 2.24) is 14.8 Å². The molecule has 0 atom stereocenters. The SMILES string of the molecule is Cc1ccc(C)c(C(=O)CSc2nnc(C)n2C2CCCCC2)c1. The summed E-state index contributed by atoms with van der Waals surface area (Å²) in [5.74, 6) is 1.54. The minimum atomic E-state index is 0.164. The molecule has 1 aromatic carbocycles. The van der Waals surface area contributed by atoms with Crippen LogP contribution in [-0.4, -0.2) is 26.3 Å². The van der Waals surface area contributed by atoms with Crippen LogP contribution in [0.5, 0.6) is 0 Å². The molecule has 1 aromatic heterocycles. The molecule has 3 rings (SSSR count). The first-order valence-corrected chi connectivity index (χ1v) is 9.69. The summed E-state index contributed by atoms with van der Waals surface area (Å²) in [5.41, 5.74) is 2.98. The second-order valence-electron chi connectivity index (χ2n) is 6.72. The fourth-order valence-corrected chi connectivity index (χ4v) is 4.39. The number of hydrogen-bond acceptors (Lipinski definition) is 4. The molecular formula is C19H25N3OS. The Kier molecular flexibility index (Phi) is 5.39. The number of hydrogen-bond donors (Lipinski definition) is 0. The van der Waals surface area contributed by atoms with Gasteiger partial charge in [0.25, 0.3) is 0 Å². The van der Waals surface area contributed by atoms with E-state index in [2.05, 4.69) is 14.8 Å². The molecule has 1 aliphatic carbocycles. The van der Waals surface area contributed by atoms with Gasteiger partial charge < -0.3 is 4.57 Å². The van der Waals surface area contributed by atoms with Crippen molar-refractivity contribution in [3.63, 3.8) is 0 Å². The van der Waals surface area contributed by atoms with E-state index in [-0.39, 0.29) is 5.78 Å². The number of thioether (sulfide) groups is 1. The Labute approximate surface area is 148 Å². The second kappa shape index (κ2) is 7.51. The Hall–Kier alpha value is -1.62. The van der Waals surface area contributed by atoms with Crippen molar-refractivity contribution >= 4 is 17.5 Å². The zero-order valence-corrected chi connectivity index (χ0v) is 15.5. The third-order valence-electron chi connectivity index (χ3n) is 4.80. The smallest absolute Gasteiger partial charge is 0.191 e. The molecule has 24 heavy (non-hydrogen) atoms. The van der Waals surface area contributed by atoms with Crippen molar-refractivity contribution in [1.29, 1.82) is 0 Å². The van der Waals surface area contributed by atoms with Gasteiger partial charge >= 0.3 is 0 Å². The maximum atomic E-state index is 12.6. The standard InChI is InChI=1S/C19H25N3OS/c1-13-9-10-14(2)17(11-13)18(23)12-24-19-21-20-15(3)22(19)16-7-5-4-6-8-16/h9-11,16H,4-8,12H2,1-3H3. The van der Waals surface area contributed by atoms with Crippen molar-refractivity contribution in [2.24, 2.45) is 0 Å². The average molecular weight is 343 g/mol. The minimum absolute atomic E-state index is 0.164. The zero-order chi connectivity index (χ0) is 17.1. The van der Waals surface area contributed by atoms with E-state index in [0.29, 0.717) is 11.8 Å². The molecule has 0 amide bonds. The van der Waals surface area contributed by atoms with Crippen LogP contribution >= 0.6 is 11.8 Å². The number of ketones is 1. The molecule has 0 N–H and O–H groups in total. The summed E-state index contributed by atoms with van der Waals surface area (Å²) in [5, 5.41) is 9.46. The van der Waals surface area contributed by atoms with Gasteiger partial charge in [-0.1, -0.05) is 48.7 Å². The lowest BCUT2D eigenvalue weighted by molar-refractivity contribution is 0.102. The van der Waals surface area contributed by atoms with Crippen LogP contribution in [0.25, 0.3) is 0 Å². The number of carbonyl (C=O) groups excluding carboxylic acids is 1. The molecule has 1 fully saturated rings. The molecule has 0 radical (unpaired) electrons. The molecule has 5 heteroatoms. The summed E-state index contributed by atoms with van der Waals surface area (Å²) >= 11 is 1.52. The van der Waals surface area contributed by atoms with Crippen LogP contribution in [0.2, 0.25) is 0 Å². The molecule has 1 aliphatic rings. The van der Waals surface area contributed by atoms with E-state index < -0.39 is 0 Å². The Balaban J connectivity index is 1.73. The van der Waals surface area contributed by atoms with Gasteiger partial charge in [0.05, 0.1) is 5.75 Å². The molecular weight excluding hydrogens is 318 g/mol. The lowest BCUT2D eigenvalue weighted by atomic mass is 9.95. The number of benzene rings is 1. The van der Waals surface area contributed by atoms with Gasteiger partial charge in [0, 0.05) is 11.6 Å². The molecule has 128 valence electrons. The van der Waals surface area contributed by atoms with Crippen molar-refractivity contribution in [2.75, 3.05) is 5.75 Å². The number of aromatic nitrogens is 3. The summed E-state index contributed by atoms with van der Waals surface area (Å²) < 4.78 is 2.25. The first-order valence-electron chi connectivity index (χ1n) is 8.71. The van der Waals surface area contributed by atoms with Gasteiger partial charge in [0.2, 0.25) is 0 Å². The van der Waals surface area contributed by atoms with Crippen molar-refractivity contribution in [3.05, 3.63) is 40.7 Å². The second-order valence-corrected chi connectivity index (χ2v) is 7.66. The third-order valence-corrected chi connectivity index (χ3v) is 5.74. The van der Waals surface area contributed by atoms with E-state index in [0.717, 1.165) is 27.7 Å². The largest absolute Gasteiger partial charge is 0.303 e. The molecule has 0 aliphatic heterocycles. The minimum Gasteiger partial charge on any atom is -0.303 e. The summed E-state index contributed by atoms with van der Waals surface area (Å²) in [6.45, 7) is 6.02. The molecule has 2 aromatic rings. The van der Waals surface area contributed by atoms with Crippen LogP contribution in [-0.2, 0) is 0 Å². The van der Waals surface area contributed by atoms with Gasteiger partial charge in [-0.15, -0.1) is 10.2 Å². The predicted octanol–water partition coefficient (Wildman–Crippen LogP) is 4.68. The van der Waals surface area contributed by atoms with Crippen LogP contribution in [0, 0.1) is 20.8 Å². The quantitative estimate of drug-likeness (QED) is 0.584. The molecule has 1 saturated carbocycles. The topological polar surface area (TPSA) is 47.8 Å². The van der Waals surface area contributed by atoms with E-state index in [9.17, 15) is 4.79 Å². The highest BCUT2D eigenvalue weighted by molar-refractivity contribution is 7.99. The molecule has 0 bridgehead atoms. The van der Waals surface area contributed by atoms with Crippen LogP contribution < -0.4 is 0 Å². The van der Waals surface area contributed by atoms with Crippen molar-refractivity contribution in [3.8, 4) is 0 Å². The predicted molar refractivity (Wildman–Crippen MR) is 97.9 cm³/mol. The zero-order valence-electron chi connectivity index (χ0n) is 14.7. The highest BCUT2D eigenvalue weighted by atomic mass is 32.2. The first kappa shape index (κ1) is 17.2. The van der Waals surface area contributed by atoms with Crippen molar-refractivity contribution < 1.29 is 4.79 Å². The number of rotatable bonds is 5. The molecule has 4 nitrogen and oxygen atoms in total. The monoisotopic (exact) mass is 343 g/mol. The van der Waals surface area contributed by atoms with Gasteiger partial charge in [0.15, 0.2) is 10.9 Å². The van der Waals surface area contributed by atoms with E-state index in [4.69, 9.17) is 0 Å². The van der Waals surface area contributed by atoms with E-state index >= 15 is 0 Å². The normalized spacial score (nSPS) is 15.6. The molecule has 0 spiro atoms. The van der Waals surface area contributed by atoms with Crippen LogP contribution in [0.3, 0.4) is 0 Å². The Morgan fingerprint density at radius 2 is 1.92 bits per heavy atom. The Morgan fingerprint density at radius 3 is 2.67 bits per heavy atom. The summed E-state index contributed by atoms with van der Waals surface area (Å²) in [6.07, 6.45) is 6.25. The van der Waals surface area contributed by atoms with Crippen LogP contribution in [0.4, 0.5) is 0 Å². The van der Waals surface area contributed by atoms with Gasteiger partial charge in [0.1, 0.15) is 5.82 Å². The highest BCUT2D eigenvalue weighted by Gasteiger charge is 2.22. The van der Waals surface area contributed by atoms with E-state index in [1.807, 2.05) is 39.0 Å². The summed E-state index contributed by atoms with van der Waals surface area (Å²) in [6, 6.07) is 6.53. The Bertz CT molecular complexity index is 732. The van der Waals surface area contributed by atoms with Gasteiger partial charge in [-0.3, -0.25) is 4.79 Å². The summed E-state index contributed by atoms with van der Waals surface area (Å²) in [4.78, 5) is 12.6. The molecule has 0 unspecified atom stereocenters. The number of aryl methyl sites for hydroxylation is 3. The first-order chi connectivity index (χ1) is 11.6. The Morgan fingerprint density at radius 1 is 1.17 bits per heavy atom. The molecule has 1 heterocycles. The lowest BCUT2D eigenvalue weighted by Gasteiger charge is -2.24. The van der Waals surface area contributed by atoms with E-state index in [1.165, 1.54) is 43.9 Å². The summed E-state index contributed by atoms with van der Waals surface area (Å²) in [7, 11) is 0. The highest BCUT2D eigenvalue weighted by Crippen LogP contribution is 2.32.